The average molecular weight is 278 g/mol. The minimum absolute atomic E-state index is 0.465. The van der Waals surface area contributed by atoms with Gasteiger partial charge < -0.3 is 5.73 Å². The lowest BCUT2D eigenvalue weighted by Crippen LogP contribution is -2.03. The van der Waals surface area contributed by atoms with Crippen molar-refractivity contribution in [2.45, 2.75) is 6.18 Å². The van der Waals surface area contributed by atoms with Crippen LogP contribution in [0.25, 0.3) is 16.6 Å². The Kier molecular flexibility index (Phi) is 2.63. The van der Waals surface area contributed by atoms with Crippen LogP contribution in [0.1, 0.15) is 5.56 Å². The number of fused-ring (bicyclic) bond motifs is 1. The Morgan fingerprint density at radius 2 is 1.95 bits per heavy atom. The predicted molar refractivity (Wildman–Crippen MR) is 68.3 cm³/mol. The van der Waals surface area contributed by atoms with Gasteiger partial charge >= 0.3 is 6.18 Å². The maximum atomic E-state index is 12.6. The second-order valence-electron chi connectivity index (χ2n) is 4.24. The monoisotopic (exact) mass is 278 g/mol. The Balaban J connectivity index is 2.20. The minimum Gasteiger partial charge on any atom is -0.397 e. The lowest BCUT2D eigenvalue weighted by molar-refractivity contribution is -0.137. The highest BCUT2D eigenvalue weighted by Gasteiger charge is 2.32. The molecule has 0 unspecified atom stereocenters. The van der Waals surface area contributed by atoms with E-state index in [9.17, 15) is 13.2 Å². The van der Waals surface area contributed by atoms with Crippen LogP contribution in [-0.4, -0.2) is 14.8 Å². The molecule has 0 saturated heterocycles. The van der Waals surface area contributed by atoms with Crippen molar-refractivity contribution in [1.82, 2.24) is 14.8 Å². The number of halogens is 3. The highest BCUT2D eigenvalue weighted by molar-refractivity contribution is 5.94. The van der Waals surface area contributed by atoms with E-state index in [4.69, 9.17) is 5.73 Å². The zero-order valence-corrected chi connectivity index (χ0v) is 10.1. The molecule has 1 aromatic carbocycles. The van der Waals surface area contributed by atoms with Crippen LogP contribution < -0.4 is 5.73 Å². The number of anilines is 1. The maximum Gasteiger partial charge on any atom is 0.419 e. The van der Waals surface area contributed by atoms with E-state index in [0.717, 1.165) is 12.4 Å². The van der Waals surface area contributed by atoms with Gasteiger partial charge in [0.15, 0.2) is 0 Å². The molecule has 3 rings (SSSR count). The lowest BCUT2D eigenvalue weighted by atomic mass is 10.1. The molecule has 0 spiro atoms. The minimum atomic E-state index is -4.42. The quantitative estimate of drug-likeness (QED) is 0.696. The summed E-state index contributed by atoms with van der Waals surface area (Å²) < 4.78 is 39.0. The third-order valence-corrected chi connectivity index (χ3v) is 2.94. The van der Waals surface area contributed by atoms with Gasteiger partial charge in [-0.15, -0.1) is 0 Å². The molecular weight excluding hydrogens is 269 g/mol. The van der Waals surface area contributed by atoms with Gasteiger partial charge in [-0.2, -0.15) is 18.3 Å². The van der Waals surface area contributed by atoms with Crippen LogP contribution in [-0.2, 0) is 6.18 Å². The normalized spacial score (nSPS) is 11.9. The number of nitrogens with two attached hydrogens (primary N) is 1. The van der Waals surface area contributed by atoms with Crippen LogP contribution in [0.2, 0.25) is 0 Å². The zero-order valence-electron chi connectivity index (χ0n) is 10.1. The third kappa shape index (κ3) is 1.97. The van der Waals surface area contributed by atoms with Gasteiger partial charge in [0.2, 0.25) is 0 Å². The highest BCUT2D eigenvalue weighted by Crippen LogP contribution is 2.30. The number of hydrogen-bond donors (Lipinski definition) is 1. The number of benzene rings is 1. The molecule has 0 fully saturated rings. The topological polar surface area (TPSA) is 56.7 Å². The molecule has 2 aromatic heterocycles. The van der Waals surface area contributed by atoms with E-state index in [1.807, 2.05) is 0 Å². The van der Waals surface area contributed by atoms with Crippen molar-refractivity contribution in [3.05, 3.63) is 48.4 Å². The molecule has 0 amide bonds. The Morgan fingerprint density at radius 3 is 2.65 bits per heavy atom. The number of aromatic nitrogens is 3. The fourth-order valence-corrected chi connectivity index (χ4v) is 1.99. The Morgan fingerprint density at radius 1 is 1.15 bits per heavy atom. The number of para-hydroxylation sites is 1. The number of rotatable bonds is 1. The summed E-state index contributed by atoms with van der Waals surface area (Å²) in [5.41, 5.74) is 6.51. The smallest absolute Gasteiger partial charge is 0.397 e. The second-order valence-corrected chi connectivity index (χ2v) is 4.24. The van der Waals surface area contributed by atoms with Crippen molar-refractivity contribution in [1.29, 1.82) is 0 Å². The summed E-state index contributed by atoms with van der Waals surface area (Å²) in [6.45, 7) is 0. The van der Waals surface area contributed by atoms with Crippen molar-refractivity contribution in [2.75, 3.05) is 5.73 Å². The molecule has 2 heterocycles. The Labute approximate surface area is 111 Å². The standard InChI is InChI=1S/C13H9F3N4/c14-13(15,16)8-6-19-20(7-8)11-4-5-18-12-9(11)2-1-3-10(12)17/h1-7H,17H2. The summed E-state index contributed by atoms with van der Waals surface area (Å²) in [5.74, 6) is 0. The van der Waals surface area contributed by atoms with E-state index in [2.05, 4.69) is 10.1 Å². The number of alkyl halides is 3. The third-order valence-electron chi connectivity index (χ3n) is 2.94. The molecule has 7 heteroatoms. The average Bonchev–Trinajstić information content (AvgIpc) is 2.88. The summed E-state index contributed by atoms with van der Waals surface area (Å²) in [6.07, 6.45) is -1.19. The first-order chi connectivity index (χ1) is 9.47. The summed E-state index contributed by atoms with van der Waals surface area (Å²) in [4.78, 5) is 4.13. The van der Waals surface area contributed by atoms with Crippen LogP contribution in [0.5, 0.6) is 0 Å². The van der Waals surface area contributed by atoms with E-state index >= 15 is 0 Å². The van der Waals surface area contributed by atoms with Crippen LogP contribution in [0, 0.1) is 0 Å². The summed E-state index contributed by atoms with van der Waals surface area (Å²) in [7, 11) is 0. The SMILES string of the molecule is Nc1cccc2c(-n3cc(C(F)(F)F)cn3)ccnc12. The molecule has 0 aliphatic heterocycles. The van der Waals surface area contributed by atoms with Crippen molar-refractivity contribution < 1.29 is 13.2 Å². The van der Waals surface area contributed by atoms with Gasteiger partial charge in [0.1, 0.15) is 0 Å². The molecule has 0 aliphatic carbocycles. The molecule has 4 nitrogen and oxygen atoms in total. The van der Waals surface area contributed by atoms with Crippen LogP contribution in [0.4, 0.5) is 18.9 Å². The predicted octanol–water partition coefficient (Wildman–Crippen LogP) is 3.02. The summed E-state index contributed by atoms with van der Waals surface area (Å²) >= 11 is 0. The molecular formula is C13H9F3N4. The van der Waals surface area contributed by atoms with Crippen molar-refractivity contribution in [2.24, 2.45) is 0 Å². The van der Waals surface area contributed by atoms with Crippen molar-refractivity contribution in [3.63, 3.8) is 0 Å². The Hall–Kier alpha value is -2.57. The molecule has 0 aliphatic rings. The number of pyridine rings is 1. The second kappa shape index (κ2) is 4.22. The van der Waals surface area contributed by atoms with Gasteiger partial charge in [0, 0.05) is 17.8 Å². The van der Waals surface area contributed by atoms with Gasteiger partial charge in [-0.25, -0.2) is 4.68 Å². The molecule has 20 heavy (non-hydrogen) atoms. The van der Waals surface area contributed by atoms with Crippen molar-refractivity contribution >= 4 is 16.6 Å². The molecule has 0 radical (unpaired) electrons. The lowest BCUT2D eigenvalue weighted by Gasteiger charge is -2.07. The first kappa shape index (κ1) is 12.5. The summed E-state index contributed by atoms with van der Waals surface area (Å²) in [6, 6.07) is 6.73. The highest BCUT2D eigenvalue weighted by atomic mass is 19.4. The van der Waals surface area contributed by atoms with Gasteiger partial charge in [-0.3, -0.25) is 4.98 Å². The first-order valence-electron chi connectivity index (χ1n) is 5.72. The molecule has 0 atom stereocenters. The van der Waals surface area contributed by atoms with Crippen LogP contribution >= 0.6 is 0 Å². The Bertz CT molecular complexity index is 777. The van der Waals surface area contributed by atoms with Gasteiger partial charge in [0.25, 0.3) is 0 Å². The number of hydrogen-bond acceptors (Lipinski definition) is 3. The van der Waals surface area contributed by atoms with E-state index in [1.165, 1.54) is 10.9 Å². The number of nitrogen functional groups attached to an aromatic ring is 1. The van der Waals surface area contributed by atoms with Crippen LogP contribution in [0.15, 0.2) is 42.9 Å². The zero-order chi connectivity index (χ0) is 14.3. The summed E-state index contributed by atoms with van der Waals surface area (Å²) in [5, 5.41) is 4.40. The van der Waals surface area contributed by atoms with Crippen molar-refractivity contribution in [3.8, 4) is 5.69 Å². The van der Waals surface area contributed by atoms with Gasteiger partial charge in [0.05, 0.1) is 28.7 Å². The van der Waals surface area contributed by atoms with Gasteiger partial charge in [-0.05, 0) is 12.1 Å². The molecule has 0 bridgehead atoms. The fraction of sp³-hybridized carbons (Fsp3) is 0.0769. The largest absolute Gasteiger partial charge is 0.419 e. The van der Waals surface area contributed by atoms with Crippen LogP contribution in [0.3, 0.4) is 0 Å². The molecule has 3 aromatic rings. The maximum absolute atomic E-state index is 12.6. The van der Waals surface area contributed by atoms with E-state index in [-0.39, 0.29) is 0 Å². The molecule has 2 N–H and O–H groups in total. The van der Waals surface area contributed by atoms with E-state index < -0.39 is 11.7 Å². The molecule has 102 valence electrons. The van der Waals surface area contributed by atoms with E-state index in [0.29, 0.717) is 22.3 Å². The molecule has 0 saturated carbocycles. The van der Waals surface area contributed by atoms with Gasteiger partial charge in [-0.1, -0.05) is 12.1 Å². The fourth-order valence-electron chi connectivity index (χ4n) is 1.99. The number of nitrogens with zero attached hydrogens (tertiary/aromatic N) is 3. The van der Waals surface area contributed by atoms with E-state index in [1.54, 1.807) is 24.3 Å². The first-order valence-corrected chi connectivity index (χ1v) is 5.72.